The average molecular weight is 1000 g/mol. The molecule has 0 saturated carbocycles. The fourth-order valence-corrected chi connectivity index (χ4v) is 9.54. The van der Waals surface area contributed by atoms with Crippen molar-refractivity contribution in [2.45, 2.75) is 326 Å². The van der Waals surface area contributed by atoms with Crippen LogP contribution in [0.25, 0.3) is 0 Å². The zero-order valence-electron chi connectivity index (χ0n) is 46.2. The molecule has 1 heterocycles. The summed E-state index contributed by atoms with van der Waals surface area (Å²) in [5.74, 6) is -0.187. The molecule has 1 rings (SSSR count). The van der Waals surface area contributed by atoms with Crippen LogP contribution in [0, 0.1) is 0 Å². The van der Waals surface area contributed by atoms with Crippen LogP contribution >= 0.6 is 0 Å². The Morgan fingerprint density at radius 2 is 0.803 bits per heavy atom. The number of hydrogen-bond donors (Lipinski definition) is 6. The van der Waals surface area contributed by atoms with Gasteiger partial charge in [0.2, 0.25) is 5.91 Å². The fraction of sp³-hybridized carbons (Fsp3) is 0.855. The van der Waals surface area contributed by atoms with Gasteiger partial charge in [0.15, 0.2) is 6.29 Å². The first-order chi connectivity index (χ1) is 34.8. The second-order valence-corrected chi connectivity index (χ2v) is 21.1. The number of rotatable bonds is 52. The smallest absolute Gasteiger partial charge is 0.220 e. The van der Waals surface area contributed by atoms with Gasteiger partial charge in [-0.1, -0.05) is 255 Å². The van der Waals surface area contributed by atoms with Crippen molar-refractivity contribution >= 4 is 5.91 Å². The van der Waals surface area contributed by atoms with Crippen molar-refractivity contribution in [3.8, 4) is 0 Å². The van der Waals surface area contributed by atoms with Crippen LogP contribution in [0.4, 0.5) is 0 Å². The number of ether oxygens (including phenoxy) is 2. The molecule has 71 heavy (non-hydrogen) atoms. The summed E-state index contributed by atoms with van der Waals surface area (Å²) < 4.78 is 11.3. The van der Waals surface area contributed by atoms with E-state index in [0.717, 1.165) is 44.9 Å². The van der Waals surface area contributed by atoms with Crippen LogP contribution in [0.15, 0.2) is 48.6 Å². The lowest BCUT2D eigenvalue weighted by molar-refractivity contribution is -0.302. The summed E-state index contributed by atoms with van der Waals surface area (Å²) in [4.78, 5) is 13.1. The number of amides is 1. The predicted molar refractivity (Wildman–Crippen MR) is 299 cm³/mol. The Balaban J connectivity index is 2.16. The van der Waals surface area contributed by atoms with Crippen LogP contribution in [-0.2, 0) is 14.3 Å². The number of aliphatic hydroxyl groups is 5. The molecule has 0 aromatic carbocycles. The van der Waals surface area contributed by atoms with E-state index in [-0.39, 0.29) is 12.5 Å². The van der Waals surface area contributed by atoms with Gasteiger partial charge in [0.1, 0.15) is 24.4 Å². The van der Waals surface area contributed by atoms with Gasteiger partial charge < -0.3 is 40.3 Å². The van der Waals surface area contributed by atoms with Gasteiger partial charge in [-0.3, -0.25) is 4.79 Å². The van der Waals surface area contributed by atoms with E-state index in [1.807, 2.05) is 6.08 Å². The number of unbranched alkanes of at least 4 members (excludes halogenated alkanes) is 36. The molecule has 7 atom stereocenters. The molecule has 9 nitrogen and oxygen atoms in total. The highest BCUT2D eigenvalue weighted by Crippen LogP contribution is 2.23. The van der Waals surface area contributed by atoms with Crippen molar-refractivity contribution in [2.75, 3.05) is 13.2 Å². The second kappa shape index (κ2) is 51.6. The van der Waals surface area contributed by atoms with E-state index in [4.69, 9.17) is 9.47 Å². The van der Waals surface area contributed by atoms with E-state index in [1.165, 1.54) is 218 Å². The highest BCUT2D eigenvalue weighted by atomic mass is 16.7. The molecule has 1 aliphatic heterocycles. The number of carbonyl (C=O) groups excluding carboxylic acids is 1. The molecule has 0 aromatic heterocycles. The van der Waals surface area contributed by atoms with Crippen LogP contribution in [0.2, 0.25) is 0 Å². The zero-order chi connectivity index (χ0) is 51.5. The third kappa shape index (κ3) is 41.1. The highest BCUT2D eigenvalue weighted by Gasteiger charge is 2.44. The minimum atomic E-state index is -1.57. The maximum atomic E-state index is 13.1. The van der Waals surface area contributed by atoms with Gasteiger partial charge in [0.25, 0.3) is 0 Å². The number of allylic oxidation sites excluding steroid dienone is 7. The Bertz CT molecular complexity index is 1250. The lowest BCUT2D eigenvalue weighted by atomic mass is 9.99. The molecule has 9 heteroatoms. The van der Waals surface area contributed by atoms with E-state index in [1.54, 1.807) is 6.08 Å². The van der Waals surface area contributed by atoms with Gasteiger partial charge in [-0.25, -0.2) is 0 Å². The van der Waals surface area contributed by atoms with Crippen LogP contribution < -0.4 is 5.32 Å². The summed E-state index contributed by atoms with van der Waals surface area (Å²) >= 11 is 0. The van der Waals surface area contributed by atoms with Gasteiger partial charge in [0.05, 0.1) is 25.4 Å². The van der Waals surface area contributed by atoms with Crippen LogP contribution in [0.3, 0.4) is 0 Å². The molecule has 416 valence electrons. The molecule has 6 N–H and O–H groups in total. The van der Waals surface area contributed by atoms with Gasteiger partial charge >= 0.3 is 0 Å². The number of hydrogen-bond acceptors (Lipinski definition) is 8. The SMILES string of the molecule is CCCCCCCCC/C=C/CC/C=C/CC/C=C/C(O)C(COC1OC(CO)C(O)C(O)C1O)NC(=O)CCCCCCCCCCCCCCCCCCCCC/C=C\CCCCCCCCCC. The molecule has 0 radical (unpaired) electrons. The van der Waals surface area contributed by atoms with Crippen molar-refractivity contribution in [3.63, 3.8) is 0 Å². The van der Waals surface area contributed by atoms with Gasteiger partial charge in [-0.2, -0.15) is 0 Å². The molecule has 0 aromatic rings. The van der Waals surface area contributed by atoms with Gasteiger partial charge in [-0.15, -0.1) is 0 Å². The molecule has 1 fully saturated rings. The molecule has 1 saturated heterocycles. The second-order valence-electron chi connectivity index (χ2n) is 21.1. The van der Waals surface area contributed by atoms with Gasteiger partial charge in [0, 0.05) is 6.42 Å². The van der Waals surface area contributed by atoms with Crippen molar-refractivity contribution in [2.24, 2.45) is 0 Å². The Kier molecular flexibility index (Phi) is 48.8. The average Bonchev–Trinajstić information content (AvgIpc) is 3.37. The predicted octanol–water partition coefficient (Wildman–Crippen LogP) is 15.3. The van der Waals surface area contributed by atoms with Crippen molar-refractivity contribution in [3.05, 3.63) is 48.6 Å². The first-order valence-corrected chi connectivity index (χ1v) is 30.4. The van der Waals surface area contributed by atoms with E-state index in [9.17, 15) is 30.3 Å². The van der Waals surface area contributed by atoms with Gasteiger partial charge in [-0.05, 0) is 70.6 Å². The molecular formula is C62H115NO8. The standard InChI is InChI=1S/C62H115NO8/c1-3-5-7-9-11-13-15-17-19-21-22-23-24-25-26-27-28-29-30-31-32-33-34-36-38-40-42-44-46-48-50-52-58(66)63-55(54-70-62-61(69)60(68)59(67)57(53-64)71-62)56(65)51-49-47-45-43-41-39-37-35-20-18-16-14-12-10-8-6-4-2/h20-22,35,41,43,49,51,55-57,59-62,64-65,67-69H,3-19,23-34,36-40,42,44-48,50,52-54H2,1-2H3,(H,63,66)/b22-21-,35-20+,43-41+,51-49+. The minimum absolute atomic E-state index is 0.187. The summed E-state index contributed by atoms with van der Waals surface area (Å²) in [5, 5.41) is 54.5. The lowest BCUT2D eigenvalue weighted by Crippen LogP contribution is -2.60. The van der Waals surface area contributed by atoms with Crippen molar-refractivity contribution < 1.29 is 39.8 Å². The van der Waals surface area contributed by atoms with Crippen molar-refractivity contribution in [1.29, 1.82) is 0 Å². The highest BCUT2D eigenvalue weighted by molar-refractivity contribution is 5.76. The minimum Gasteiger partial charge on any atom is -0.394 e. The van der Waals surface area contributed by atoms with Crippen molar-refractivity contribution in [1.82, 2.24) is 5.32 Å². The van der Waals surface area contributed by atoms with Crippen LogP contribution in [0.1, 0.15) is 284 Å². The summed E-state index contributed by atoms with van der Waals surface area (Å²) in [5.41, 5.74) is 0. The third-order valence-corrected chi connectivity index (χ3v) is 14.4. The number of carbonyl (C=O) groups is 1. The molecule has 0 aliphatic carbocycles. The van der Waals surface area contributed by atoms with E-state index >= 15 is 0 Å². The topological polar surface area (TPSA) is 149 Å². The summed E-state index contributed by atoms with van der Waals surface area (Å²) in [6.45, 7) is 3.77. The van der Waals surface area contributed by atoms with E-state index < -0.39 is 49.5 Å². The molecular weight excluding hydrogens is 887 g/mol. The summed E-state index contributed by atoms with van der Waals surface area (Å²) in [6.07, 6.45) is 62.0. The normalized spacial score (nSPS) is 19.6. The molecule has 0 spiro atoms. The summed E-state index contributed by atoms with van der Waals surface area (Å²) in [6, 6.07) is -0.828. The maximum Gasteiger partial charge on any atom is 0.220 e. The Morgan fingerprint density at radius 3 is 1.18 bits per heavy atom. The fourth-order valence-electron chi connectivity index (χ4n) is 9.54. The Morgan fingerprint density at radius 1 is 0.465 bits per heavy atom. The molecule has 7 unspecified atom stereocenters. The van der Waals surface area contributed by atoms with Crippen LogP contribution in [0.5, 0.6) is 0 Å². The largest absolute Gasteiger partial charge is 0.394 e. The van der Waals surface area contributed by atoms with E-state index in [0.29, 0.717) is 6.42 Å². The molecule has 0 bridgehead atoms. The third-order valence-electron chi connectivity index (χ3n) is 14.4. The number of aliphatic hydroxyl groups excluding tert-OH is 5. The molecule has 1 amide bonds. The lowest BCUT2D eigenvalue weighted by Gasteiger charge is -2.40. The summed E-state index contributed by atoms with van der Waals surface area (Å²) in [7, 11) is 0. The first kappa shape index (κ1) is 67.2. The first-order valence-electron chi connectivity index (χ1n) is 30.4. The molecule has 1 aliphatic rings. The number of nitrogens with one attached hydrogen (secondary N) is 1. The monoisotopic (exact) mass is 1000 g/mol. The van der Waals surface area contributed by atoms with Crippen LogP contribution in [-0.4, -0.2) is 87.5 Å². The zero-order valence-corrected chi connectivity index (χ0v) is 46.2. The Labute approximate surface area is 437 Å². The Hall–Kier alpha value is -1.85. The maximum absolute atomic E-state index is 13.1. The van der Waals surface area contributed by atoms with E-state index in [2.05, 4.69) is 55.6 Å². The quantitative estimate of drug-likeness (QED) is 0.0261.